The second-order valence-corrected chi connectivity index (χ2v) is 7.17. The molecule has 30 heavy (non-hydrogen) atoms. The van der Waals surface area contributed by atoms with Gasteiger partial charge in [0.25, 0.3) is 0 Å². The Morgan fingerprint density at radius 2 is 1.77 bits per heavy atom. The van der Waals surface area contributed by atoms with Gasteiger partial charge in [0, 0.05) is 25.6 Å². The molecule has 2 aromatic heterocycles. The van der Waals surface area contributed by atoms with Crippen molar-refractivity contribution >= 4 is 17.1 Å². The Labute approximate surface area is 174 Å². The predicted octanol–water partition coefficient (Wildman–Crippen LogP) is 4.61. The SMILES string of the molecule is Cn1cc(-c2ccncc2)c(OCc2ccc(C3=Nc4ccccc4NC3)cc2)n1. The Hall–Kier alpha value is -3.93. The van der Waals surface area contributed by atoms with E-state index in [9.17, 15) is 0 Å². The molecule has 1 N–H and O–H groups in total. The number of benzene rings is 2. The minimum Gasteiger partial charge on any atom is -0.471 e. The maximum absolute atomic E-state index is 6.04. The number of aliphatic imine (C=N–C) groups is 1. The third-order valence-electron chi connectivity index (χ3n) is 5.05. The number of hydrogen-bond donors (Lipinski definition) is 1. The van der Waals surface area contributed by atoms with Gasteiger partial charge < -0.3 is 10.1 Å². The summed E-state index contributed by atoms with van der Waals surface area (Å²) in [6.45, 7) is 1.17. The number of ether oxygens (including phenoxy) is 1. The minimum absolute atomic E-state index is 0.447. The van der Waals surface area contributed by atoms with Crippen molar-refractivity contribution in [2.24, 2.45) is 12.0 Å². The van der Waals surface area contributed by atoms with Crippen LogP contribution in [-0.4, -0.2) is 27.0 Å². The number of fused-ring (bicyclic) bond motifs is 1. The third-order valence-corrected chi connectivity index (χ3v) is 5.05. The Morgan fingerprint density at radius 3 is 2.60 bits per heavy atom. The molecule has 0 fully saturated rings. The van der Waals surface area contributed by atoms with E-state index in [-0.39, 0.29) is 0 Å². The molecule has 0 spiro atoms. The zero-order valence-electron chi connectivity index (χ0n) is 16.6. The quantitative estimate of drug-likeness (QED) is 0.536. The minimum atomic E-state index is 0.447. The van der Waals surface area contributed by atoms with Crippen molar-refractivity contribution < 1.29 is 4.74 Å². The molecule has 0 amide bonds. The summed E-state index contributed by atoms with van der Waals surface area (Å²) >= 11 is 0. The highest BCUT2D eigenvalue weighted by atomic mass is 16.5. The molecule has 0 unspecified atom stereocenters. The normalized spacial score (nSPS) is 12.6. The number of aromatic nitrogens is 3. The van der Waals surface area contributed by atoms with Gasteiger partial charge in [-0.15, -0.1) is 5.10 Å². The van der Waals surface area contributed by atoms with Crippen molar-refractivity contribution in [2.45, 2.75) is 6.61 Å². The van der Waals surface area contributed by atoms with E-state index in [1.165, 1.54) is 0 Å². The van der Waals surface area contributed by atoms with Crippen molar-refractivity contribution in [3.63, 3.8) is 0 Å². The number of nitrogens with one attached hydrogen (secondary N) is 1. The van der Waals surface area contributed by atoms with Gasteiger partial charge in [-0.1, -0.05) is 36.4 Å². The highest BCUT2D eigenvalue weighted by molar-refractivity contribution is 6.07. The molecular weight excluding hydrogens is 374 g/mol. The van der Waals surface area contributed by atoms with Crippen LogP contribution in [0, 0.1) is 0 Å². The van der Waals surface area contributed by atoms with Crippen LogP contribution in [0.3, 0.4) is 0 Å². The highest BCUT2D eigenvalue weighted by Gasteiger charge is 2.13. The molecule has 6 nitrogen and oxygen atoms in total. The van der Waals surface area contributed by atoms with Crippen molar-refractivity contribution in [3.8, 4) is 17.0 Å². The van der Waals surface area contributed by atoms with E-state index in [4.69, 9.17) is 9.73 Å². The summed E-state index contributed by atoms with van der Waals surface area (Å²) in [4.78, 5) is 8.87. The molecule has 2 aromatic carbocycles. The summed E-state index contributed by atoms with van der Waals surface area (Å²) < 4.78 is 7.80. The lowest BCUT2D eigenvalue weighted by atomic mass is 10.1. The first-order valence-corrected chi connectivity index (χ1v) is 9.83. The van der Waals surface area contributed by atoms with Gasteiger partial charge in [-0.2, -0.15) is 0 Å². The fourth-order valence-corrected chi connectivity index (χ4v) is 3.50. The average Bonchev–Trinajstić information content (AvgIpc) is 3.19. The number of aryl methyl sites for hydroxylation is 1. The lowest BCUT2D eigenvalue weighted by molar-refractivity contribution is 0.292. The van der Waals surface area contributed by atoms with Crippen LogP contribution in [0.15, 0.2) is 84.2 Å². The average molecular weight is 395 g/mol. The molecule has 5 rings (SSSR count). The van der Waals surface area contributed by atoms with Gasteiger partial charge >= 0.3 is 0 Å². The zero-order valence-corrected chi connectivity index (χ0v) is 16.6. The Kier molecular flexibility index (Phi) is 4.73. The van der Waals surface area contributed by atoms with E-state index in [0.29, 0.717) is 12.5 Å². The van der Waals surface area contributed by atoms with E-state index in [1.54, 1.807) is 17.1 Å². The molecule has 0 saturated carbocycles. The molecule has 0 aliphatic carbocycles. The van der Waals surface area contributed by atoms with E-state index < -0.39 is 0 Å². The molecule has 0 radical (unpaired) electrons. The summed E-state index contributed by atoms with van der Waals surface area (Å²) in [5.74, 6) is 0.616. The molecule has 4 aromatic rings. The topological polar surface area (TPSA) is 64.3 Å². The Balaban J connectivity index is 1.31. The van der Waals surface area contributed by atoms with Gasteiger partial charge in [-0.25, -0.2) is 4.99 Å². The van der Waals surface area contributed by atoms with Crippen molar-refractivity contribution in [1.29, 1.82) is 0 Å². The predicted molar refractivity (Wildman–Crippen MR) is 118 cm³/mol. The van der Waals surface area contributed by atoms with E-state index in [0.717, 1.165) is 45.9 Å². The Morgan fingerprint density at radius 1 is 0.967 bits per heavy atom. The number of nitrogens with zero attached hydrogens (tertiary/aromatic N) is 4. The van der Waals surface area contributed by atoms with Crippen LogP contribution < -0.4 is 10.1 Å². The molecule has 0 bridgehead atoms. The van der Waals surface area contributed by atoms with Gasteiger partial charge in [-0.3, -0.25) is 9.67 Å². The van der Waals surface area contributed by atoms with E-state index in [1.807, 2.05) is 49.6 Å². The molecule has 1 aliphatic rings. The molecule has 148 valence electrons. The lowest BCUT2D eigenvalue weighted by Gasteiger charge is -2.17. The molecule has 3 heterocycles. The fourth-order valence-electron chi connectivity index (χ4n) is 3.50. The van der Waals surface area contributed by atoms with Crippen LogP contribution in [-0.2, 0) is 13.7 Å². The van der Waals surface area contributed by atoms with Gasteiger partial charge in [-0.05, 0) is 41.0 Å². The monoisotopic (exact) mass is 395 g/mol. The van der Waals surface area contributed by atoms with Gasteiger partial charge in [0.05, 0.1) is 29.2 Å². The maximum atomic E-state index is 6.04. The smallest absolute Gasteiger partial charge is 0.241 e. The van der Waals surface area contributed by atoms with Crippen molar-refractivity contribution in [3.05, 3.63) is 90.4 Å². The van der Waals surface area contributed by atoms with Crippen LogP contribution in [0.4, 0.5) is 11.4 Å². The first kappa shape index (κ1) is 18.1. The summed E-state index contributed by atoms with van der Waals surface area (Å²) in [5, 5.41) is 7.89. The number of pyridine rings is 1. The molecule has 6 heteroatoms. The van der Waals surface area contributed by atoms with Crippen molar-refractivity contribution in [1.82, 2.24) is 14.8 Å². The van der Waals surface area contributed by atoms with Crippen LogP contribution in [0.1, 0.15) is 11.1 Å². The number of anilines is 1. The lowest BCUT2D eigenvalue weighted by Crippen LogP contribution is -2.18. The molecule has 0 saturated heterocycles. The van der Waals surface area contributed by atoms with Crippen LogP contribution in [0.5, 0.6) is 5.88 Å². The van der Waals surface area contributed by atoms with E-state index in [2.05, 4.69) is 39.7 Å². The van der Waals surface area contributed by atoms with Crippen LogP contribution >= 0.6 is 0 Å². The largest absolute Gasteiger partial charge is 0.471 e. The van der Waals surface area contributed by atoms with E-state index >= 15 is 0 Å². The molecular formula is C24H21N5O. The molecule has 1 aliphatic heterocycles. The zero-order chi connectivity index (χ0) is 20.3. The standard InChI is InChI=1S/C24H21N5O/c1-29-15-20(18-10-12-25-13-11-18)24(28-29)30-16-17-6-8-19(9-7-17)23-14-26-21-4-2-3-5-22(21)27-23/h2-13,15,26H,14,16H2,1H3. The number of para-hydroxylation sites is 2. The van der Waals surface area contributed by atoms with Gasteiger partial charge in [0.1, 0.15) is 6.61 Å². The molecule has 0 atom stereocenters. The summed E-state index contributed by atoms with van der Waals surface area (Å²) in [6.07, 6.45) is 5.50. The Bertz CT molecular complexity index is 1200. The second kappa shape index (κ2) is 7.83. The number of hydrogen-bond acceptors (Lipinski definition) is 5. The summed E-state index contributed by atoms with van der Waals surface area (Å²) in [6, 6.07) is 20.3. The highest BCUT2D eigenvalue weighted by Crippen LogP contribution is 2.30. The van der Waals surface area contributed by atoms with Crippen LogP contribution in [0.25, 0.3) is 11.1 Å². The second-order valence-electron chi connectivity index (χ2n) is 7.17. The van der Waals surface area contributed by atoms with Crippen molar-refractivity contribution in [2.75, 3.05) is 11.9 Å². The summed E-state index contributed by atoms with van der Waals surface area (Å²) in [5.41, 5.74) is 7.26. The third kappa shape index (κ3) is 3.67. The maximum Gasteiger partial charge on any atom is 0.241 e. The van der Waals surface area contributed by atoms with Crippen LogP contribution in [0.2, 0.25) is 0 Å². The first-order valence-electron chi connectivity index (χ1n) is 9.83. The number of rotatable bonds is 5. The van der Waals surface area contributed by atoms with Gasteiger partial charge in [0.15, 0.2) is 0 Å². The summed E-state index contributed by atoms with van der Waals surface area (Å²) in [7, 11) is 1.89. The van der Waals surface area contributed by atoms with Gasteiger partial charge in [0.2, 0.25) is 5.88 Å². The first-order chi connectivity index (χ1) is 14.8. The fraction of sp³-hybridized carbons (Fsp3) is 0.125.